The molecular formula is C25H18Br2ClFN4O3. The molecule has 0 saturated heterocycles. The van der Waals surface area contributed by atoms with Crippen LogP contribution in [0.3, 0.4) is 0 Å². The van der Waals surface area contributed by atoms with Crippen LogP contribution in [-0.2, 0) is 11.2 Å². The normalized spacial score (nSPS) is 11.2. The summed E-state index contributed by atoms with van der Waals surface area (Å²) in [6.45, 7) is 1.55. The Hall–Kier alpha value is -3.08. The van der Waals surface area contributed by atoms with E-state index in [4.69, 9.17) is 16.3 Å². The molecule has 0 atom stereocenters. The summed E-state index contributed by atoms with van der Waals surface area (Å²) in [4.78, 5) is 29.8. The van der Waals surface area contributed by atoms with E-state index in [-0.39, 0.29) is 22.9 Å². The number of carbonyl (C=O) groups is 1. The fraction of sp³-hybridized carbons (Fsp3) is 0.120. The van der Waals surface area contributed by atoms with Gasteiger partial charge in [-0.15, -0.1) is 0 Å². The van der Waals surface area contributed by atoms with Crippen molar-refractivity contribution >= 4 is 72.2 Å². The van der Waals surface area contributed by atoms with Gasteiger partial charge in [-0.05, 0) is 70.0 Å². The van der Waals surface area contributed by atoms with Crippen molar-refractivity contribution in [3.05, 3.63) is 96.1 Å². The van der Waals surface area contributed by atoms with E-state index in [0.717, 1.165) is 4.47 Å². The van der Waals surface area contributed by atoms with Crippen LogP contribution < -0.4 is 15.6 Å². The number of carbonyl (C=O) groups excluding carboxylic acids is 1. The average Bonchev–Trinajstić information content (AvgIpc) is 2.83. The summed E-state index contributed by atoms with van der Waals surface area (Å²) in [5.74, 6) is -0.166. The maximum Gasteiger partial charge on any atom is 0.282 e. The molecule has 0 saturated carbocycles. The predicted molar refractivity (Wildman–Crippen MR) is 146 cm³/mol. The number of nitrogens with zero attached hydrogens (tertiary/aromatic N) is 3. The van der Waals surface area contributed by atoms with Crippen LogP contribution >= 0.6 is 43.5 Å². The molecule has 0 aliphatic rings. The molecule has 1 heterocycles. The maximum absolute atomic E-state index is 13.3. The van der Waals surface area contributed by atoms with E-state index in [0.29, 0.717) is 38.9 Å². The number of amides is 1. The highest BCUT2D eigenvalue weighted by atomic mass is 79.9. The van der Waals surface area contributed by atoms with E-state index in [1.54, 1.807) is 30.3 Å². The van der Waals surface area contributed by atoms with Crippen molar-refractivity contribution < 1.29 is 13.9 Å². The Morgan fingerprint density at radius 3 is 2.75 bits per heavy atom. The molecule has 36 heavy (non-hydrogen) atoms. The molecule has 0 fully saturated rings. The third kappa shape index (κ3) is 6.00. The lowest BCUT2D eigenvalue weighted by molar-refractivity contribution is -0.118. The molecule has 0 aliphatic heterocycles. The monoisotopic (exact) mass is 634 g/mol. The van der Waals surface area contributed by atoms with E-state index in [1.165, 1.54) is 29.1 Å². The molecule has 0 aliphatic carbocycles. The molecule has 11 heteroatoms. The highest BCUT2D eigenvalue weighted by Gasteiger charge is 2.13. The summed E-state index contributed by atoms with van der Waals surface area (Å²) in [6, 6.07) is 14.1. The van der Waals surface area contributed by atoms with Crippen LogP contribution in [0.2, 0.25) is 5.02 Å². The van der Waals surface area contributed by atoms with Gasteiger partial charge >= 0.3 is 0 Å². The molecule has 0 bridgehead atoms. The maximum atomic E-state index is 13.3. The first-order valence-electron chi connectivity index (χ1n) is 10.7. The summed E-state index contributed by atoms with van der Waals surface area (Å²) in [6.07, 6.45) is 2.00. The van der Waals surface area contributed by atoms with Crippen LogP contribution in [0.15, 0.2) is 73.4 Å². The zero-order chi connectivity index (χ0) is 25.8. The number of aryl methyl sites for hydroxylation is 1. The number of fused-ring (bicyclic) bond motifs is 1. The first-order chi connectivity index (χ1) is 17.2. The van der Waals surface area contributed by atoms with Crippen LogP contribution in [0.4, 0.5) is 10.1 Å². The van der Waals surface area contributed by atoms with E-state index >= 15 is 0 Å². The van der Waals surface area contributed by atoms with Gasteiger partial charge in [-0.25, -0.2) is 9.37 Å². The molecule has 1 aromatic heterocycles. The minimum absolute atomic E-state index is 0.230. The molecular weight excluding hydrogens is 619 g/mol. The van der Waals surface area contributed by atoms with E-state index in [1.807, 2.05) is 13.0 Å². The molecule has 1 amide bonds. The standard InChI is InChI=1S/C25H18Br2ClFN4O3/c1-2-22-32-21-7-6-15(26)10-18(21)25(35)33(22)30-12-14-8-19(27)24(20(28)9-14)36-13-23(34)31-17-5-3-4-16(29)11-17/h3-12H,2,13H2,1H3,(H,31,34). The van der Waals surface area contributed by atoms with Gasteiger partial charge in [0.15, 0.2) is 12.4 Å². The van der Waals surface area contributed by atoms with Crippen molar-refractivity contribution in [2.75, 3.05) is 11.9 Å². The van der Waals surface area contributed by atoms with Gasteiger partial charge in [-0.3, -0.25) is 9.59 Å². The van der Waals surface area contributed by atoms with Crippen molar-refractivity contribution in [2.24, 2.45) is 5.10 Å². The predicted octanol–water partition coefficient (Wildman–Crippen LogP) is 6.18. The average molecular weight is 637 g/mol. The van der Waals surface area contributed by atoms with E-state index in [9.17, 15) is 14.0 Å². The first kappa shape index (κ1) is 26.0. The lowest BCUT2D eigenvalue weighted by Gasteiger charge is -2.11. The number of hydrogen-bond donors (Lipinski definition) is 1. The van der Waals surface area contributed by atoms with Crippen molar-refractivity contribution in [1.82, 2.24) is 9.66 Å². The molecule has 0 radical (unpaired) electrons. The van der Waals surface area contributed by atoms with Gasteiger partial charge in [0, 0.05) is 16.6 Å². The molecule has 184 valence electrons. The van der Waals surface area contributed by atoms with Gasteiger partial charge in [0.1, 0.15) is 11.6 Å². The zero-order valence-corrected chi connectivity index (χ0v) is 22.7. The number of rotatable bonds is 7. The Balaban J connectivity index is 1.53. The van der Waals surface area contributed by atoms with Gasteiger partial charge in [-0.2, -0.15) is 9.78 Å². The Labute approximate surface area is 227 Å². The van der Waals surface area contributed by atoms with Crippen molar-refractivity contribution in [1.29, 1.82) is 0 Å². The minimum Gasteiger partial charge on any atom is -0.481 e. The number of aromatic nitrogens is 2. The number of halogens is 4. The van der Waals surface area contributed by atoms with Gasteiger partial charge in [-0.1, -0.05) is 40.5 Å². The van der Waals surface area contributed by atoms with Crippen LogP contribution in [0, 0.1) is 5.82 Å². The summed E-state index contributed by atoms with van der Waals surface area (Å²) in [7, 11) is 0. The lowest BCUT2D eigenvalue weighted by Crippen LogP contribution is -2.22. The van der Waals surface area contributed by atoms with E-state index in [2.05, 4.69) is 47.3 Å². The highest BCUT2D eigenvalue weighted by molar-refractivity contribution is 9.10. The fourth-order valence-electron chi connectivity index (χ4n) is 3.36. The van der Waals surface area contributed by atoms with Crippen LogP contribution in [0.1, 0.15) is 18.3 Å². The van der Waals surface area contributed by atoms with Crippen molar-refractivity contribution in [2.45, 2.75) is 13.3 Å². The Morgan fingerprint density at radius 1 is 1.22 bits per heavy atom. The molecule has 7 nitrogen and oxygen atoms in total. The number of ether oxygens (including phenoxy) is 1. The minimum atomic E-state index is -0.476. The quantitative estimate of drug-likeness (QED) is 0.246. The van der Waals surface area contributed by atoms with Gasteiger partial charge in [0.25, 0.3) is 11.5 Å². The van der Waals surface area contributed by atoms with E-state index < -0.39 is 11.7 Å². The molecule has 0 unspecified atom stereocenters. The second kappa shape index (κ2) is 11.3. The fourth-order valence-corrected chi connectivity index (χ4v) is 4.71. The molecule has 4 aromatic rings. The summed E-state index contributed by atoms with van der Waals surface area (Å²) in [5.41, 5.74) is 1.22. The third-order valence-electron chi connectivity index (χ3n) is 4.99. The topological polar surface area (TPSA) is 85.6 Å². The second-order valence-corrected chi connectivity index (χ2v) is 9.74. The van der Waals surface area contributed by atoms with Crippen molar-refractivity contribution in [3.8, 4) is 5.75 Å². The highest BCUT2D eigenvalue weighted by Crippen LogP contribution is 2.34. The van der Waals surface area contributed by atoms with Crippen LogP contribution in [0.5, 0.6) is 5.75 Å². The Morgan fingerprint density at radius 2 is 2.03 bits per heavy atom. The number of nitrogens with one attached hydrogen (secondary N) is 1. The molecule has 3 aromatic carbocycles. The van der Waals surface area contributed by atoms with Gasteiger partial charge < -0.3 is 10.1 Å². The SMILES string of the molecule is CCc1nc2ccc(Br)cc2c(=O)n1N=Cc1cc(Cl)c(OCC(=O)Nc2cccc(F)c2)c(Br)c1. The largest absolute Gasteiger partial charge is 0.481 e. The van der Waals surface area contributed by atoms with Crippen LogP contribution in [0.25, 0.3) is 10.9 Å². The number of anilines is 1. The summed E-state index contributed by atoms with van der Waals surface area (Å²) >= 11 is 13.2. The third-order valence-corrected chi connectivity index (χ3v) is 6.35. The van der Waals surface area contributed by atoms with Gasteiger partial charge in [0.2, 0.25) is 0 Å². The molecule has 1 N–H and O–H groups in total. The molecule has 4 rings (SSSR count). The number of benzene rings is 3. The Bertz CT molecular complexity index is 1540. The number of hydrogen-bond acceptors (Lipinski definition) is 5. The molecule has 0 spiro atoms. The first-order valence-corrected chi connectivity index (χ1v) is 12.6. The zero-order valence-electron chi connectivity index (χ0n) is 18.8. The lowest BCUT2D eigenvalue weighted by atomic mass is 10.2. The summed E-state index contributed by atoms with van der Waals surface area (Å²) in [5, 5.41) is 7.57. The smallest absolute Gasteiger partial charge is 0.282 e. The Kier molecular flexibility index (Phi) is 8.17. The van der Waals surface area contributed by atoms with Crippen LogP contribution in [-0.4, -0.2) is 28.4 Å². The van der Waals surface area contributed by atoms with Crippen molar-refractivity contribution in [3.63, 3.8) is 0 Å². The van der Waals surface area contributed by atoms with Gasteiger partial charge in [0.05, 0.1) is 26.6 Å². The second-order valence-electron chi connectivity index (χ2n) is 7.57. The summed E-state index contributed by atoms with van der Waals surface area (Å²) < 4.78 is 21.4.